The van der Waals surface area contributed by atoms with Crippen LogP contribution in [0.3, 0.4) is 0 Å². The Morgan fingerprint density at radius 1 is 1.03 bits per heavy atom. The maximum atomic E-state index is 12.9. The van der Waals surface area contributed by atoms with E-state index >= 15 is 0 Å². The average molecular weight is 435 g/mol. The third kappa shape index (κ3) is 5.15. The van der Waals surface area contributed by atoms with Crippen LogP contribution < -0.4 is 19.5 Å². The molecule has 1 amide bonds. The van der Waals surface area contributed by atoms with Crippen LogP contribution in [0.4, 0.5) is 0 Å². The van der Waals surface area contributed by atoms with E-state index < -0.39 is 0 Å². The van der Waals surface area contributed by atoms with Gasteiger partial charge in [0.15, 0.2) is 5.82 Å². The SMILES string of the molecule is COc1ccc(Oc2nc(-c3ccc(OC)cc3)ncc2C(=O)NC[C@@H]2CCCO2)cc1. The van der Waals surface area contributed by atoms with E-state index in [0.717, 1.165) is 30.8 Å². The number of hydrogen-bond acceptors (Lipinski definition) is 7. The number of hydrogen-bond donors (Lipinski definition) is 1. The van der Waals surface area contributed by atoms with Gasteiger partial charge in [0.05, 0.1) is 20.3 Å². The van der Waals surface area contributed by atoms with Crippen molar-refractivity contribution in [3.63, 3.8) is 0 Å². The normalized spacial score (nSPS) is 15.2. The number of aromatic nitrogens is 2. The number of nitrogens with zero attached hydrogens (tertiary/aromatic N) is 2. The van der Waals surface area contributed by atoms with Crippen LogP contribution in [0.2, 0.25) is 0 Å². The number of carbonyl (C=O) groups is 1. The molecule has 1 aliphatic rings. The molecular formula is C24H25N3O5. The van der Waals surface area contributed by atoms with Gasteiger partial charge in [-0.05, 0) is 61.4 Å². The summed E-state index contributed by atoms with van der Waals surface area (Å²) < 4.78 is 22.0. The second kappa shape index (κ2) is 10.1. The molecule has 8 nitrogen and oxygen atoms in total. The van der Waals surface area contributed by atoms with Gasteiger partial charge in [0, 0.05) is 24.9 Å². The molecule has 1 N–H and O–H groups in total. The predicted octanol–water partition coefficient (Wildman–Crippen LogP) is 3.86. The van der Waals surface area contributed by atoms with Gasteiger partial charge in [-0.3, -0.25) is 4.79 Å². The van der Waals surface area contributed by atoms with Crippen molar-refractivity contribution in [1.29, 1.82) is 0 Å². The maximum absolute atomic E-state index is 12.9. The molecule has 32 heavy (non-hydrogen) atoms. The van der Waals surface area contributed by atoms with E-state index in [-0.39, 0.29) is 23.5 Å². The third-order valence-electron chi connectivity index (χ3n) is 5.13. The molecule has 2 heterocycles. The van der Waals surface area contributed by atoms with E-state index in [1.54, 1.807) is 38.5 Å². The van der Waals surface area contributed by atoms with Crippen molar-refractivity contribution < 1.29 is 23.7 Å². The molecule has 2 aromatic carbocycles. The highest BCUT2D eigenvalue weighted by Crippen LogP contribution is 2.28. The van der Waals surface area contributed by atoms with Crippen LogP contribution in [0.1, 0.15) is 23.2 Å². The van der Waals surface area contributed by atoms with Crippen molar-refractivity contribution in [2.45, 2.75) is 18.9 Å². The zero-order valence-corrected chi connectivity index (χ0v) is 18.0. The summed E-state index contributed by atoms with van der Waals surface area (Å²) in [4.78, 5) is 21.8. The smallest absolute Gasteiger partial charge is 0.258 e. The van der Waals surface area contributed by atoms with E-state index in [4.69, 9.17) is 18.9 Å². The Hall–Kier alpha value is -3.65. The number of methoxy groups -OCH3 is 2. The lowest BCUT2D eigenvalue weighted by Crippen LogP contribution is -2.32. The van der Waals surface area contributed by atoms with E-state index in [0.29, 0.717) is 23.9 Å². The van der Waals surface area contributed by atoms with Crippen molar-refractivity contribution in [2.75, 3.05) is 27.4 Å². The fourth-order valence-electron chi connectivity index (χ4n) is 3.34. The summed E-state index contributed by atoms with van der Waals surface area (Å²) in [6.45, 7) is 1.16. The molecular weight excluding hydrogens is 410 g/mol. The summed E-state index contributed by atoms with van der Waals surface area (Å²) in [6.07, 6.45) is 3.45. The van der Waals surface area contributed by atoms with E-state index in [1.165, 1.54) is 6.20 Å². The lowest BCUT2D eigenvalue weighted by atomic mass is 10.2. The number of amides is 1. The molecule has 1 saturated heterocycles. The number of benzene rings is 2. The Morgan fingerprint density at radius 3 is 2.31 bits per heavy atom. The molecule has 1 atom stereocenters. The predicted molar refractivity (Wildman–Crippen MR) is 118 cm³/mol. The number of nitrogens with one attached hydrogen (secondary N) is 1. The first-order chi connectivity index (χ1) is 15.7. The fourth-order valence-corrected chi connectivity index (χ4v) is 3.34. The molecule has 0 radical (unpaired) electrons. The highest BCUT2D eigenvalue weighted by Gasteiger charge is 2.21. The van der Waals surface area contributed by atoms with Gasteiger partial charge in [0.1, 0.15) is 22.8 Å². The topological polar surface area (TPSA) is 91.8 Å². The Bertz CT molecular complexity index is 1050. The summed E-state index contributed by atoms with van der Waals surface area (Å²) in [5.41, 5.74) is 1.02. The molecule has 0 saturated carbocycles. The minimum atomic E-state index is -0.315. The summed E-state index contributed by atoms with van der Waals surface area (Å²) in [6, 6.07) is 14.4. The van der Waals surface area contributed by atoms with Crippen LogP contribution in [-0.2, 0) is 4.74 Å². The van der Waals surface area contributed by atoms with Gasteiger partial charge < -0.3 is 24.3 Å². The van der Waals surface area contributed by atoms with Gasteiger partial charge in [0.2, 0.25) is 5.88 Å². The van der Waals surface area contributed by atoms with Crippen molar-refractivity contribution in [3.05, 3.63) is 60.3 Å². The van der Waals surface area contributed by atoms with Crippen molar-refractivity contribution in [3.8, 4) is 34.5 Å². The largest absolute Gasteiger partial charge is 0.497 e. The van der Waals surface area contributed by atoms with Crippen LogP contribution >= 0.6 is 0 Å². The first kappa shape index (κ1) is 21.6. The minimum absolute atomic E-state index is 0.0318. The quantitative estimate of drug-likeness (QED) is 0.574. The minimum Gasteiger partial charge on any atom is -0.497 e. The molecule has 0 aliphatic carbocycles. The van der Waals surface area contributed by atoms with Crippen LogP contribution in [-0.4, -0.2) is 49.4 Å². The molecule has 8 heteroatoms. The van der Waals surface area contributed by atoms with Gasteiger partial charge in [-0.25, -0.2) is 4.98 Å². The summed E-state index contributed by atoms with van der Waals surface area (Å²) in [5.74, 6) is 2.25. The summed E-state index contributed by atoms with van der Waals surface area (Å²) in [5, 5.41) is 2.90. The first-order valence-electron chi connectivity index (χ1n) is 10.4. The zero-order chi connectivity index (χ0) is 22.3. The second-order valence-electron chi connectivity index (χ2n) is 7.26. The molecule has 1 fully saturated rings. The number of ether oxygens (including phenoxy) is 4. The Kier molecular flexibility index (Phi) is 6.81. The van der Waals surface area contributed by atoms with E-state index in [2.05, 4.69) is 15.3 Å². The average Bonchev–Trinajstić information content (AvgIpc) is 3.37. The zero-order valence-electron chi connectivity index (χ0n) is 18.0. The Balaban J connectivity index is 1.61. The molecule has 4 rings (SSSR count). The van der Waals surface area contributed by atoms with Gasteiger partial charge in [0.25, 0.3) is 5.91 Å². The first-order valence-corrected chi connectivity index (χ1v) is 10.4. The van der Waals surface area contributed by atoms with Crippen molar-refractivity contribution >= 4 is 5.91 Å². The van der Waals surface area contributed by atoms with Crippen molar-refractivity contribution in [2.24, 2.45) is 0 Å². The number of carbonyl (C=O) groups excluding carboxylic acids is 1. The monoisotopic (exact) mass is 435 g/mol. The van der Waals surface area contributed by atoms with Crippen LogP contribution in [0.15, 0.2) is 54.7 Å². The van der Waals surface area contributed by atoms with Gasteiger partial charge in [-0.15, -0.1) is 0 Å². The Morgan fingerprint density at radius 2 is 1.69 bits per heavy atom. The second-order valence-corrected chi connectivity index (χ2v) is 7.26. The van der Waals surface area contributed by atoms with Crippen LogP contribution in [0.25, 0.3) is 11.4 Å². The molecule has 0 bridgehead atoms. The molecule has 166 valence electrons. The lowest BCUT2D eigenvalue weighted by molar-refractivity contribution is 0.0855. The van der Waals surface area contributed by atoms with E-state index in [1.807, 2.05) is 24.3 Å². The summed E-state index contributed by atoms with van der Waals surface area (Å²) >= 11 is 0. The maximum Gasteiger partial charge on any atom is 0.258 e. The highest BCUT2D eigenvalue weighted by molar-refractivity contribution is 5.96. The van der Waals surface area contributed by atoms with Gasteiger partial charge >= 0.3 is 0 Å². The van der Waals surface area contributed by atoms with E-state index in [9.17, 15) is 4.79 Å². The van der Waals surface area contributed by atoms with Crippen molar-refractivity contribution in [1.82, 2.24) is 15.3 Å². The lowest BCUT2D eigenvalue weighted by Gasteiger charge is -2.14. The number of rotatable bonds is 8. The van der Waals surface area contributed by atoms with Gasteiger partial charge in [-0.1, -0.05) is 0 Å². The standard InChI is InChI=1S/C24H25N3O5/c1-29-17-7-5-16(6-8-17)22-25-15-21(23(28)26-14-20-4-3-13-31-20)24(27-22)32-19-11-9-18(30-2)10-12-19/h5-12,15,20H,3-4,13-14H2,1-2H3,(H,26,28)/t20-/m0/s1. The third-order valence-corrected chi connectivity index (χ3v) is 5.13. The molecule has 0 unspecified atom stereocenters. The van der Waals surface area contributed by atoms with Gasteiger partial charge in [-0.2, -0.15) is 4.98 Å². The fraction of sp³-hybridized carbons (Fsp3) is 0.292. The molecule has 3 aromatic rings. The Labute approximate surface area is 186 Å². The summed E-state index contributed by atoms with van der Waals surface area (Å²) in [7, 11) is 3.20. The van der Waals surface area contributed by atoms with Crippen LogP contribution in [0.5, 0.6) is 23.1 Å². The highest BCUT2D eigenvalue weighted by atomic mass is 16.5. The molecule has 0 spiro atoms. The molecule has 1 aromatic heterocycles. The van der Waals surface area contributed by atoms with Crippen LogP contribution in [0, 0.1) is 0 Å². The molecule has 1 aliphatic heterocycles.